The number of nitrogens with zero attached hydrogens (tertiary/aromatic N) is 2. The number of hydrogen-bond donors (Lipinski definition) is 1. The summed E-state index contributed by atoms with van der Waals surface area (Å²) in [6.45, 7) is 9.49. The highest BCUT2D eigenvalue weighted by atomic mass is 32.2. The van der Waals surface area contributed by atoms with E-state index in [4.69, 9.17) is 4.74 Å². The van der Waals surface area contributed by atoms with E-state index in [0.717, 1.165) is 16.7 Å². The Bertz CT molecular complexity index is 796. The number of imide groups is 1. The molecule has 1 N–H and O–H groups in total. The molecule has 0 bridgehead atoms. The molecule has 0 unspecified atom stereocenters. The molecule has 28 heavy (non-hydrogen) atoms. The normalized spacial score (nSPS) is 15.8. The first kappa shape index (κ1) is 21.8. The van der Waals surface area contributed by atoms with Crippen molar-refractivity contribution in [2.75, 3.05) is 13.2 Å². The summed E-state index contributed by atoms with van der Waals surface area (Å²) >= 11 is 0.795. The largest absolute Gasteiger partial charge is 0.504 e. The van der Waals surface area contributed by atoms with Gasteiger partial charge in [-0.1, -0.05) is 6.07 Å². The number of hydrogen-bond acceptors (Lipinski definition) is 6. The number of amides is 3. The van der Waals surface area contributed by atoms with E-state index in [0.29, 0.717) is 17.9 Å². The minimum absolute atomic E-state index is 0.000151. The summed E-state index contributed by atoms with van der Waals surface area (Å²) in [6.07, 6.45) is 1.56. The minimum atomic E-state index is -0.498. The maximum atomic E-state index is 12.7. The van der Waals surface area contributed by atoms with E-state index in [1.165, 1.54) is 6.07 Å². The van der Waals surface area contributed by atoms with Crippen molar-refractivity contribution in [2.45, 2.75) is 46.7 Å². The second-order valence-electron chi connectivity index (χ2n) is 6.92. The number of thioether (sulfide) groups is 1. The van der Waals surface area contributed by atoms with Crippen LogP contribution in [0, 0.1) is 0 Å². The summed E-state index contributed by atoms with van der Waals surface area (Å²) in [6, 6.07) is 4.62. The highest BCUT2D eigenvalue weighted by Crippen LogP contribution is 2.34. The van der Waals surface area contributed by atoms with Crippen LogP contribution < -0.4 is 4.74 Å². The number of phenolic OH excluding ortho intramolecular Hbond substituents is 1. The number of aromatic hydroxyl groups is 1. The summed E-state index contributed by atoms with van der Waals surface area (Å²) in [5.41, 5.74) is 0.615. The van der Waals surface area contributed by atoms with Gasteiger partial charge in [-0.2, -0.15) is 0 Å². The molecule has 0 saturated carbocycles. The Morgan fingerprint density at radius 2 is 1.89 bits per heavy atom. The van der Waals surface area contributed by atoms with Gasteiger partial charge in [-0.15, -0.1) is 0 Å². The van der Waals surface area contributed by atoms with E-state index in [1.54, 1.807) is 30.0 Å². The lowest BCUT2D eigenvalue weighted by molar-refractivity contribution is -0.138. The lowest BCUT2D eigenvalue weighted by atomic mass is 10.2. The molecule has 0 aromatic heterocycles. The predicted molar refractivity (Wildman–Crippen MR) is 109 cm³/mol. The molecule has 1 aliphatic heterocycles. The van der Waals surface area contributed by atoms with Gasteiger partial charge in [0.25, 0.3) is 11.1 Å². The van der Waals surface area contributed by atoms with Crippen molar-refractivity contribution in [2.24, 2.45) is 0 Å². The van der Waals surface area contributed by atoms with Crippen LogP contribution >= 0.6 is 11.8 Å². The van der Waals surface area contributed by atoms with Crippen molar-refractivity contribution in [3.05, 3.63) is 28.7 Å². The van der Waals surface area contributed by atoms with E-state index in [1.807, 2.05) is 27.7 Å². The number of benzene rings is 1. The standard InChI is InChI=1S/C20H26N2O5S/c1-6-27-16-9-14(7-8-15(16)23)10-17-19(25)21(20(26)28-17)11-18(24)22(12(2)3)13(4)5/h7-10,12-13,23H,6,11H2,1-5H3/b17-10-. The average Bonchev–Trinajstić information content (AvgIpc) is 2.85. The van der Waals surface area contributed by atoms with Gasteiger partial charge < -0.3 is 14.7 Å². The molecule has 1 saturated heterocycles. The van der Waals surface area contributed by atoms with Crippen molar-refractivity contribution in [3.8, 4) is 11.5 Å². The molecular formula is C20H26N2O5S. The Morgan fingerprint density at radius 1 is 1.25 bits per heavy atom. The van der Waals surface area contributed by atoms with Crippen LogP contribution in [0.1, 0.15) is 40.2 Å². The van der Waals surface area contributed by atoms with Crippen LogP contribution in [0.15, 0.2) is 23.1 Å². The van der Waals surface area contributed by atoms with Gasteiger partial charge >= 0.3 is 0 Å². The number of carbonyl (C=O) groups excluding carboxylic acids is 3. The summed E-state index contributed by atoms with van der Waals surface area (Å²) in [4.78, 5) is 40.4. The van der Waals surface area contributed by atoms with Gasteiger partial charge in [0.1, 0.15) is 6.54 Å². The van der Waals surface area contributed by atoms with Crippen molar-refractivity contribution >= 4 is 34.9 Å². The van der Waals surface area contributed by atoms with Gasteiger partial charge in [0.15, 0.2) is 11.5 Å². The Hall–Kier alpha value is -2.48. The third-order valence-corrected chi connectivity index (χ3v) is 5.06. The third kappa shape index (κ3) is 4.86. The van der Waals surface area contributed by atoms with E-state index >= 15 is 0 Å². The van der Waals surface area contributed by atoms with Gasteiger partial charge in [-0.05, 0) is 70.2 Å². The van der Waals surface area contributed by atoms with Crippen LogP contribution in [0.2, 0.25) is 0 Å². The van der Waals surface area contributed by atoms with E-state index in [-0.39, 0.29) is 35.2 Å². The molecule has 0 aliphatic carbocycles. The molecule has 1 aliphatic rings. The molecule has 7 nitrogen and oxygen atoms in total. The smallest absolute Gasteiger partial charge is 0.294 e. The Morgan fingerprint density at radius 3 is 2.46 bits per heavy atom. The van der Waals surface area contributed by atoms with Crippen LogP contribution in [0.5, 0.6) is 11.5 Å². The number of ether oxygens (including phenoxy) is 1. The fourth-order valence-electron chi connectivity index (χ4n) is 3.07. The predicted octanol–water partition coefficient (Wildman–Crippen LogP) is 3.47. The number of phenols is 1. The van der Waals surface area contributed by atoms with Crippen LogP contribution in [-0.4, -0.2) is 57.2 Å². The lowest BCUT2D eigenvalue weighted by Crippen LogP contribution is -2.48. The first-order valence-corrected chi connectivity index (χ1v) is 9.99. The maximum absolute atomic E-state index is 12.7. The van der Waals surface area contributed by atoms with Gasteiger partial charge in [0, 0.05) is 12.1 Å². The van der Waals surface area contributed by atoms with Gasteiger partial charge in [-0.3, -0.25) is 19.3 Å². The lowest BCUT2D eigenvalue weighted by Gasteiger charge is -2.31. The second-order valence-corrected chi connectivity index (χ2v) is 7.91. The van der Waals surface area contributed by atoms with Crippen molar-refractivity contribution < 1.29 is 24.2 Å². The quantitative estimate of drug-likeness (QED) is 0.698. The molecule has 8 heteroatoms. The molecule has 1 aromatic carbocycles. The number of rotatable bonds is 7. The highest BCUT2D eigenvalue weighted by Gasteiger charge is 2.37. The summed E-state index contributed by atoms with van der Waals surface area (Å²) in [5, 5.41) is 9.31. The van der Waals surface area contributed by atoms with Crippen LogP contribution in [0.25, 0.3) is 6.08 Å². The summed E-state index contributed by atoms with van der Waals surface area (Å²) in [7, 11) is 0. The van der Waals surface area contributed by atoms with E-state index < -0.39 is 11.1 Å². The van der Waals surface area contributed by atoms with Crippen molar-refractivity contribution in [1.82, 2.24) is 9.80 Å². The van der Waals surface area contributed by atoms with Crippen LogP contribution in [-0.2, 0) is 9.59 Å². The molecule has 2 rings (SSSR count). The highest BCUT2D eigenvalue weighted by molar-refractivity contribution is 8.18. The second kappa shape index (κ2) is 9.14. The van der Waals surface area contributed by atoms with Crippen LogP contribution in [0.3, 0.4) is 0 Å². The molecule has 1 heterocycles. The summed E-state index contributed by atoms with van der Waals surface area (Å²) in [5.74, 6) is -0.464. The van der Waals surface area contributed by atoms with Gasteiger partial charge in [-0.25, -0.2) is 0 Å². The molecule has 3 amide bonds. The molecule has 0 spiro atoms. The SMILES string of the molecule is CCOc1cc(/C=C2\SC(=O)N(CC(=O)N(C(C)C)C(C)C)C2=O)ccc1O. The molecule has 0 radical (unpaired) electrons. The Balaban J connectivity index is 2.20. The number of carbonyl (C=O) groups is 3. The monoisotopic (exact) mass is 406 g/mol. The average molecular weight is 407 g/mol. The zero-order valence-electron chi connectivity index (χ0n) is 16.8. The Labute approximate surface area is 169 Å². The first-order chi connectivity index (χ1) is 13.1. The zero-order valence-corrected chi connectivity index (χ0v) is 17.6. The minimum Gasteiger partial charge on any atom is -0.504 e. The first-order valence-electron chi connectivity index (χ1n) is 9.18. The molecule has 0 atom stereocenters. The van der Waals surface area contributed by atoms with Crippen LogP contribution in [0.4, 0.5) is 4.79 Å². The molecule has 1 aromatic rings. The maximum Gasteiger partial charge on any atom is 0.294 e. The zero-order chi connectivity index (χ0) is 21.0. The third-order valence-electron chi connectivity index (χ3n) is 4.15. The fourth-order valence-corrected chi connectivity index (χ4v) is 3.91. The molecular weight excluding hydrogens is 380 g/mol. The molecule has 152 valence electrons. The fraction of sp³-hybridized carbons (Fsp3) is 0.450. The summed E-state index contributed by atoms with van der Waals surface area (Å²) < 4.78 is 5.34. The molecule has 1 fully saturated rings. The van der Waals surface area contributed by atoms with Crippen molar-refractivity contribution in [3.63, 3.8) is 0 Å². The van der Waals surface area contributed by atoms with Gasteiger partial charge in [0.2, 0.25) is 5.91 Å². The topological polar surface area (TPSA) is 87.2 Å². The van der Waals surface area contributed by atoms with E-state index in [9.17, 15) is 19.5 Å². The van der Waals surface area contributed by atoms with Gasteiger partial charge in [0.05, 0.1) is 11.5 Å². The Kier molecular flexibility index (Phi) is 7.12. The van der Waals surface area contributed by atoms with E-state index in [2.05, 4.69) is 0 Å². The van der Waals surface area contributed by atoms with Crippen molar-refractivity contribution in [1.29, 1.82) is 0 Å².